The lowest BCUT2D eigenvalue weighted by atomic mass is 10.1. The lowest BCUT2D eigenvalue weighted by Gasteiger charge is -2.25. The number of alkyl halides is 3. The van der Waals surface area contributed by atoms with Gasteiger partial charge in [0, 0.05) is 18.7 Å². The van der Waals surface area contributed by atoms with Crippen molar-refractivity contribution >= 4 is 17.7 Å². The van der Waals surface area contributed by atoms with Gasteiger partial charge in [-0.3, -0.25) is 4.79 Å². The first kappa shape index (κ1) is 17.8. The normalized spacial score (nSPS) is 13.1. The first-order chi connectivity index (χ1) is 9.68. The molecular formula is C14H17F4NOS. The van der Waals surface area contributed by atoms with E-state index in [2.05, 4.69) is 0 Å². The molecule has 0 saturated heterocycles. The van der Waals surface area contributed by atoms with Crippen molar-refractivity contribution in [2.75, 3.05) is 19.1 Å². The Labute approximate surface area is 125 Å². The molecule has 0 N–H and O–H groups in total. The van der Waals surface area contributed by atoms with Crippen LogP contribution in [-0.4, -0.2) is 35.9 Å². The van der Waals surface area contributed by atoms with E-state index in [9.17, 15) is 22.4 Å². The summed E-state index contributed by atoms with van der Waals surface area (Å²) in [6, 6.07) is 2.21. The van der Waals surface area contributed by atoms with E-state index in [4.69, 9.17) is 0 Å². The molecule has 0 heterocycles. The lowest BCUT2D eigenvalue weighted by molar-refractivity contribution is -0.140. The maximum absolute atomic E-state index is 13.2. The lowest BCUT2D eigenvalue weighted by Crippen LogP contribution is -2.35. The molecule has 0 spiro atoms. The SMILES string of the molecule is CSCCC(C)N(C)C(=O)c1ccc(F)c(C(F)(F)F)c1. The monoisotopic (exact) mass is 323 g/mol. The first-order valence-corrected chi connectivity index (χ1v) is 7.70. The maximum atomic E-state index is 13.2. The van der Waals surface area contributed by atoms with E-state index >= 15 is 0 Å². The summed E-state index contributed by atoms with van der Waals surface area (Å²) < 4.78 is 51.2. The van der Waals surface area contributed by atoms with E-state index in [1.807, 2.05) is 13.2 Å². The Hall–Kier alpha value is -1.24. The number of benzene rings is 1. The topological polar surface area (TPSA) is 20.3 Å². The zero-order valence-electron chi connectivity index (χ0n) is 12.0. The summed E-state index contributed by atoms with van der Waals surface area (Å²) in [7, 11) is 1.53. The summed E-state index contributed by atoms with van der Waals surface area (Å²) in [4.78, 5) is 13.5. The molecule has 0 bridgehead atoms. The third-order valence-corrected chi connectivity index (χ3v) is 3.88. The number of hydrogen-bond acceptors (Lipinski definition) is 2. The Kier molecular flexibility index (Phi) is 6.07. The largest absolute Gasteiger partial charge is 0.419 e. The van der Waals surface area contributed by atoms with Crippen molar-refractivity contribution in [1.29, 1.82) is 0 Å². The van der Waals surface area contributed by atoms with E-state index in [-0.39, 0.29) is 11.6 Å². The average Bonchev–Trinajstić information content (AvgIpc) is 2.42. The molecule has 0 saturated carbocycles. The average molecular weight is 323 g/mol. The zero-order chi connectivity index (χ0) is 16.2. The highest BCUT2D eigenvalue weighted by atomic mass is 32.2. The predicted molar refractivity (Wildman–Crippen MR) is 76.0 cm³/mol. The van der Waals surface area contributed by atoms with E-state index in [0.717, 1.165) is 18.2 Å². The van der Waals surface area contributed by atoms with Crippen LogP contribution in [0.1, 0.15) is 29.3 Å². The molecule has 1 amide bonds. The molecule has 1 unspecified atom stereocenters. The van der Waals surface area contributed by atoms with Crippen LogP contribution in [0.25, 0.3) is 0 Å². The minimum absolute atomic E-state index is 0.107. The molecule has 21 heavy (non-hydrogen) atoms. The van der Waals surface area contributed by atoms with Gasteiger partial charge in [-0.2, -0.15) is 24.9 Å². The van der Waals surface area contributed by atoms with Crippen molar-refractivity contribution in [3.8, 4) is 0 Å². The molecule has 1 atom stereocenters. The van der Waals surface area contributed by atoms with Gasteiger partial charge in [-0.25, -0.2) is 4.39 Å². The van der Waals surface area contributed by atoms with E-state index < -0.39 is 23.5 Å². The Bertz CT molecular complexity index is 504. The van der Waals surface area contributed by atoms with Gasteiger partial charge in [0.25, 0.3) is 5.91 Å². The molecule has 7 heteroatoms. The third kappa shape index (κ3) is 4.62. The number of halogens is 4. The molecule has 0 aliphatic heterocycles. The number of amides is 1. The summed E-state index contributed by atoms with van der Waals surface area (Å²) >= 11 is 1.63. The van der Waals surface area contributed by atoms with Gasteiger partial charge < -0.3 is 4.90 Å². The first-order valence-electron chi connectivity index (χ1n) is 6.31. The molecule has 2 nitrogen and oxygen atoms in total. The highest BCUT2D eigenvalue weighted by molar-refractivity contribution is 7.98. The van der Waals surface area contributed by atoms with Gasteiger partial charge in [-0.1, -0.05) is 0 Å². The quantitative estimate of drug-likeness (QED) is 0.762. The Morgan fingerprint density at radius 1 is 1.38 bits per heavy atom. The van der Waals surface area contributed by atoms with Gasteiger partial charge >= 0.3 is 6.18 Å². The van der Waals surface area contributed by atoms with Crippen LogP contribution in [0.3, 0.4) is 0 Å². The number of rotatable bonds is 5. The van der Waals surface area contributed by atoms with Crippen LogP contribution in [0.5, 0.6) is 0 Å². The number of thioether (sulfide) groups is 1. The number of hydrogen-bond donors (Lipinski definition) is 0. The van der Waals surface area contributed by atoms with Crippen LogP contribution < -0.4 is 0 Å². The molecule has 0 aromatic heterocycles. The van der Waals surface area contributed by atoms with Crippen molar-refractivity contribution in [3.05, 3.63) is 35.1 Å². The minimum atomic E-state index is -4.82. The van der Waals surface area contributed by atoms with Gasteiger partial charge in [0.2, 0.25) is 0 Å². The van der Waals surface area contributed by atoms with Gasteiger partial charge in [0.1, 0.15) is 5.82 Å². The van der Waals surface area contributed by atoms with E-state index in [1.165, 1.54) is 11.9 Å². The van der Waals surface area contributed by atoms with E-state index in [1.54, 1.807) is 11.8 Å². The molecule has 118 valence electrons. The van der Waals surface area contributed by atoms with Crippen molar-refractivity contribution in [2.45, 2.75) is 25.6 Å². The highest BCUT2D eigenvalue weighted by Gasteiger charge is 2.35. The summed E-state index contributed by atoms with van der Waals surface area (Å²) in [5, 5.41) is 0. The van der Waals surface area contributed by atoms with E-state index in [0.29, 0.717) is 12.1 Å². The van der Waals surface area contributed by atoms with Gasteiger partial charge in [0.15, 0.2) is 0 Å². The molecule has 0 aliphatic carbocycles. The maximum Gasteiger partial charge on any atom is 0.419 e. The Balaban J connectivity index is 2.98. The number of carbonyl (C=O) groups excluding carboxylic acids is 1. The summed E-state index contributed by atoms with van der Waals surface area (Å²) in [5.41, 5.74) is -1.58. The van der Waals surface area contributed by atoms with Crippen LogP contribution in [0.2, 0.25) is 0 Å². The van der Waals surface area contributed by atoms with Crippen molar-refractivity contribution in [3.63, 3.8) is 0 Å². The number of nitrogens with zero attached hydrogens (tertiary/aromatic N) is 1. The van der Waals surface area contributed by atoms with Gasteiger partial charge in [0.05, 0.1) is 5.56 Å². The molecule has 0 aliphatic rings. The minimum Gasteiger partial charge on any atom is -0.339 e. The standard InChI is InChI=1S/C14H17F4NOS/c1-9(6-7-21-3)19(2)13(20)10-4-5-12(15)11(8-10)14(16,17)18/h4-5,8-9H,6-7H2,1-3H3. The van der Waals surface area contributed by atoms with Crippen LogP contribution in [0.4, 0.5) is 17.6 Å². The molecular weight excluding hydrogens is 306 g/mol. The Morgan fingerprint density at radius 2 is 2.00 bits per heavy atom. The second-order valence-electron chi connectivity index (χ2n) is 4.74. The fourth-order valence-corrected chi connectivity index (χ4v) is 2.34. The van der Waals surface area contributed by atoms with Gasteiger partial charge in [-0.15, -0.1) is 0 Å². The molecule has 1 aromatic rings. The predicted octanol–water partition coefficient (Wildman–Crippen LogP) is 4.06. The van der Waals surface area contributed by atoms with Gasteiger partial charge in [-0.05, 0) is 43.6 Å². The Morgan fingerprint density at radius 3 is 2.52 bits per heavy atom. The summed E-state index contributed by atoms with van der Waals surface area (Å²) in [6.45, 7) is 1.82. The van der Waals surface area contributed by atoms with Crippen LogP contribution >= 0.6 is 11.8 Å². The molecule has 1 rings (SSSR count). The second-order valence-corrected chi connectivity index (χ2v) is 5.72. The summed E-state index contributed by atoms with van der Waals surface area (Å²) in [6.07, 6.45) is -2.15. The van der Waals surface area contributed by atoms with Crippen LogP contribution in [0, 0.1) is 5.82 Å². The van der Waals surface area contributed by atoms with Crippen molar-refractivity contribution < 1.29 is 22.4 Å². The molecule has 1 aromatic carbocycles. The zero-order valence-corrected chi connectivity index (χ0v) is 12.8. The fourth-order valence-electron chi connectivity index (χ4n) is 1.76. The molecule has 0 radical (unpaired) electrons. The van der Waals surface area contributed by atoms with Crippen molar-refractivity contribution in [1.82, 2.24) is 4.90 Å². The number of carbonyl (C=O) groups is 1. The van der Waals surface area contributed by atoms with Crippen LogP contribution in [0.15, 0.2) is 18.2 Å². The summed E-state index contributed by atoms with van der Waals surface area (Å²) in [5.74, 6) is -1.08. The second kappa shape index (κ2) is 7.15. The molecule has 0 fully saturated rings. The highest BCUT2D eigenvalue weighted by Crippen LogP contribution is 2.32. The smallest absolute Gasteiger partial charge is 0.339 e. The fraction of sp³-hybridized carbons (Fsp3) is 0.500. The van der Waals surface area contributed by atoms with Crippen molar-refractivity contribution in [2.24, 2.45) is 0 Å². The third-order valence-electron chi connectivity index (χ3n) is 3.24. The van der Waals surface area contributed by atoms with Crippen LogP contribution in [-0.2, 0) is 6.18 Å².